The Bertz CT molecular complexity index is 491. The van der Waals surface area contributed by atoms with Gasteiger partial charge in [0.25, 0.3) is 0 Å². The lowest BCUT2D eigenvalue weighted by atomic mass is 9.91. The SMILES string of the molecule is CC1(C)CN(CC2CCOc3ccccc32)CC(CCl)O1. The van der Waals surface area contributed by atoms with E-state index in [9.17, 15) is 0 Å². The average molecular weight is 310 g/mol. The number of benzene rings is 1. The molecule has 0 aromatic heterocycles. The number of alkyl halides is 1. The Morgan fingerprint density at radius 1 is 1.33 bits per heavy atom. The van der Waals surface area contributed by atoms with Gasteiger partial charge in [-0.15, -0.1) is 11.6 Å². The average Bonchev–Trinajstić information content (AvgIpc) is 2.46. The van der Waals surface area contributed by atoms with Gasteiger partial charge in [0, 0.05) is 31.4 Å². The van der Waals surface area contributed by atoms with E-state index in [4.69, 9.17) is 21.1 Å². The third-order valence-corrected chi connectivity index (χ3v) is 4.63. The number of hydrogen-bond donors (Lipinski definition) is 0. The Morgan fingerprint density at radius 3 is 2.95 bits per heavy atom. The third-order valence-electron chi connectivity index (χ3n) is 4.29. The zero-order chi connectivity index (χ0) is 14.9. The van der Waals surface area contributed by atoms with Crippen LogP contribution < -0.4 is 4.74 Å². The number of ether oxygens (including phenoxy) is 2. The van der Waals surface area contributed by atoms with Gasteiger partial charge in [-0.1, -0.05) is 18.2 Å². The second kappa shape index (κ2) is 6.15. The summed E-state index contributed by atoms with van der Waals surface area (Å²) in [5, 5.41) is 0. The van der Waals surface area contributed by atoms with Crippen LogP contribution in [0.25, 0.3) is 0 Å². The van der Waals surface area contributed by atoms with Crippen LogP contribution in [-0.2, 0) is 4.74 Å². The molecule has 2 unspecified atom stereocenters. The highest BCUT2D eigenvalue weighted by atomic mass is 35.5. The molecular weight excluding hydrogens is 286 g/mol. The molecule has 2 aliphatic rings. The van der Waals surface area contributed by atoms with Crippen molar-refractivity contribution in [2.24, 2.45) is 0 Å². The maximum atomic E-state index is 6.03. The van der Waals surface area contributed by atoms with Crippen molar-refractivity contribution >= 4 is 11.6 Å². The molecule has 2 aliphatic heterocycles. The van der Waals surface area contributed by atoms with Gasteiger partial charge in [-0.25, -0.2) is 0 Å². The van der Waals surface area contributed by atoms with Crippen molar-refractivity contribution in [2.45, 2.75) is 37.9 Å². The third kappa shape index (κ3) is 3.53. The molecule has 3 rings (SSSR count). The zero-order valence-corrected chi connectivity index (χ0v) is 13.6. The molecule has 0 aliphatic carbocycles. The number of hydrogen-bond acceptors (Lipinski definition) is 3. The number of halogens is 1. The lowest BCUT2D eigenvalue weighted by Gasteiger charge is -2.44. The predicted octanol–water partition coefficient (Wildman–Crippen LogP) is 3.27. The molecule has 0 bridgehead atoms. The maximum absolute atomic E-state index is 6.03. The van der Waals surface area contributed by atoms with Gasteiger partial charge in [-0.05, 0) is 31.9 Å². The van der Waals surface area contributed by atoms with Crippen molar-refractivity contribution in [1.29, 1.82) is 0 Å². The molecule has 1 aromatic carbocycles. The van der Waals surface area contributed by atoms with Gasteiger partial charge >= 0.3 is 0 Å². The van der Waals surface area contributed by atoms with Gasteiger partial charge in [0.2, 0.25) is 0 Å². The first kappa shape index (κ1) is 15.1. The quantitative estimate of drug-likeness (QED) is 0.800. The fraction of sp³-hybridized carbons (Fsp3) is 0.647. The Hall–Kier alpha value is -0.770. The topological polar surface area (TPSA) is 21.7 Å². The van der Waals surface area contributed by atoms with E-state index in [2.05, 4.69) is 36.9 Å². The minimum Gasteiger partial charge on any atom is -0.493 e. The van der Waals surface area contributed by atoms with Gasteiger partial charge in [-0.3, -0.25) is 4.90 Å². The standard InChI is InChI=1S/C17H24ClNO2/c1-17(2)12-19(11-14(9-18)21-17)10-13-7-8-20-16-6-4-3-5-15(13)16/h3-6,13-14H,7-12H2,1-2H3. The van der Waals surface area contributed by atoms with Crippen molar-refractivity contribution in [3.63, 3.8) is 0 Å². The van der Waals surface area contributed by atoms with E-state index >= 15 is 0 Å². The van der Waals surface area contributed by atoms with E-state index in [1.54, 1.807) is 0 Å². The van der Waals surface area contributed by atoms with Crippen LogP contribution in [0.2, 0.25) is 0 Å². The molecule has 2 atom stereocenters. The summed E-state index contributed by atoms with van der Waals surface area (Å²) in [6.45, 7) is 8.05. The van der Waals surface area contributed by atoms with E-state index in [1.165, 1.54) is 5.56 Å². The molecule has 1 saturated heterocycles. The summed E-state index contributed by atoms with van der Waals surface area (Å²) in [5.41, 5.74) is 1.22. The number of rotatable bonds is 3. The van der Waals surface area contributed by atoms with Gasteiger partial charge in [0.1, 0.15) is 5.75 Å². The molecule has 0 N–H and O–H groups in total. The highest BCUT2D eigenvalue weighted by Gasteiger charge is 2.34. The Morgan fingerprint density at radius 2 is 2.14 bits per heavy atom. The van der Waals surface area contributed by atoms with Crippen LogP contribution in [0.15, 0.2) is 24.3 Å². The molecule has 0 spiro atoms. The van der Waals surface area contributed by atoms with Crippen molar-refractivity contribution in [3.05, 3.63) is 29.8 Å². The van der Waals surface area contributed by atoms with Gasteiger partial charge in [-0.2, -0.15) is 0 Å². The molecule has 3 nitrogen and oxygen atoms in total. The van der Waals surface area contributed by atoms with E-state index in [0.29, 0.717) is 11.8 Å². The highest BCUT2D eigenvalue weighted by Crippen LogP contribution is 2.35. The number of fused-ring (bicyclic) bond motifs is 1. The number of para-hydroxylation sites is 1. The fourth-order valence-electron chi connectivity index (χ4n) is 3.55. The van der Waals surface area contributed by atoms with Gasteiger partial charge < -0.3 is 9.47 Å². The normalized spacial score (nSPS) is 28.7. The molecule has 116 valence electrons. The molecule has 0 saturated carbocycles. The number of nitrogens with zero attached hydrogens (tertiary/aromatic N) is 1. The lowest BCUT2D eigenvalue weighted by molar-refractivity contribution is -0.128. The summed E-state index contributed by atoms with van der Waals surface area (Å²) in [6, 6.07) is 8.42. The van der Waals surface area contributed by atoms with Crippen LogP contribution >= 0.6 is 11.6 Å². The van der Waals surface area contributed by atoms with Crippen molar-refractivity contribution < 1.29 is 9.47 Å². The smallest absolute Gasteiger partial charge is 0.122 e. The molecule has 0 amide bonds. The lowest BCUT2D eigenvalue weighted by Crippen LogP contribution is -2.54. The first-order valence-electron chi connectivity index (χ1n) is 7.75. The van der Waals surface area contributed by atoms with Crippen LogP contribution in [0.1, 0.15) is 31.7 Å². The summed E-state index contributed by atoms with van der Waals surface area (Å²) in [6.07, 6.45) is 1.21. The van der Waals surface area contributed by atoms with Gasteiger partial charge in [0.05, 0.1) is 18.3 Å². The summed E-state index contributed by atoms with van der Waals surface area (Å²) >= 11 is 6.03. The monoisotopic (exact) mass is 309 g/mol. The summed E-state index contributed by atoms with van der Waals surface area (Å²) < 4.78 is 11.8. The largest absolute Gasteiger partial charge is 0.493 e. The second-order valence-electron chi connectivity index (χ2n) is 6.72. The maximum Gasteiger partial charge on any atom is 0.122 e. The molecule has 21 heavy (non-hydrogen) atoms. The molecule has 1 aromatic rings. The van der Waals surface area contributed by atoms with Crippen LogP contribution in [-0.4, -0.2) is 48.7 Å². The second-order valence-corrected chi connectivity index (χ2v) is 7.03. The van der Waals surface area contributed by atoms with Crippen LogP contribution in [0.4, 0.5) is 0 Å². The summed E-state index contributed by atoms with van der Waals surface area (Å²) in [4.78, 5) is 2.50. The van der Waals surface area contributed by atoms with Crippen LogP contribution in [0, 0.1) is 0 Å². The van der Waals surface area contributed by atoms with Gasteiger partial charge in [0.15, 0.2) is 0 Å². The summed E-state index contributed by atoms with van der Waals surface area (Å²) in [7, 11) is 0. The predicted molar refractivity (Wildman–Crippen MR) is 85.4 cm³/mol. The Balaban J connectivity index is 1.72. The highest BCUT2D eigenvalue weighted by molar-refractivity contribution is 6.18. The number of morpholine rings is 1. The molecule has 0 radical (unpaired) electrons. The van der Waals surface area contributed by atoms with E-state index in [1.807, 2.05) is 6.07 Å². The molecule has 4 heteroatoms. The fourth-order valence-corrected chi connectivity index (χ4v) is 3.71. The van der Waals surface area contributed by atoms with E-state index in [-0.39, 0.29) is 11.7 Å². The Kier molecular flexibility index (Phi) is 4.43. The summed E-state index contributed by atoms with van der Waals surface area (Å²) in [5.74, 6) is 2.15. The molecular formula is C17H24ClNO2. The minimum absolute atomic E-state index is 0.123. The zero-order valence-electron chi connectivity index (χ0n) is 12.8. The van der Waals surface area contributed by atoms with Crippen LogP contribution in [0.5, 0.6) is 5.75 Å². The molecule has 2 heterocycles. The van der Waals surface area contributed by atoms with E-state index in [0.717, 1.165) is 38.4 Å². The first-order valence-corrected chi connectivity index (χ1v) is 8.29. The minimum atomic E-state index is -0.123. The van der Waals surface area contributed by atoms with E-state index < -0.39 is 0 Å². The first-order chi connectivity index (χ1) is 10.1. The van der Waals surface area contributed by atoms with Crippen LogP contribution in [0.3, 0.4) is 0 Å². The van der Waals surface area contributed by atoms with Crippen molar-refractivity contribution in [3.8, 4) is 5.75 Å². The van der Waals surface area contributed by atoms with Crippen molar-refractivity contribution in [2.75, 3.05) is 32.1 Å². The molecule has 1 fully saturated rings. The van der Waals surface area contributed by atoms with Crippen molar-refractivity contribution in [1.82, 2.24) is 4.90 Å². The Labute approximate surface area is 132 Å².